The maximum Gasteiger partial charge on any atom is 0.407 e. The van der Waals surface area contributed by atoms with Gasteiger partial charge >= 0.3 is 12.1 Å². The van der Waals surface area contributed by atoms with E-state index in [0.717, 1.165) is 22.3 Å². The van der Waals surface area contributed by atoms with E-state index in [4.69, 9.17) is 9.47 Å². The lowest BCUT2D eigenvalue weighted by atomic mass is 9.81. The summed E-state index contributed by atoms with van der Waals surface area (Å²) < 4.78 is 11.2. The number of nitrogens with zero attached hydrogens (tertiary/aromatic N) is 1. The number of aromatic hydroxyl groups is 2. The lowest BCUT2D eigenvalue weighted by Gasteiger charge is -2.25. The molecule has 0 saturated heterocycles. The molecule has 1 unspecified atom stereocenters. The molecule has 2 aliphatic rings. The SMILES string of the molecule is CN(C)CCNc1ccc(O)c2c1C(=O)c1c(O)ccc(NCCNC(=O)C(CCCCNC(=O)OCC3c4ccccc4-c4ccccc43)CC(=O)OC(C)(C)C)c1C2=O. The van der Waals surface area contributed by atoms with Crippen LogP contribution in [0.1, 0.15) is 95.3 Å². The van der Waals surface area contributed by atoms with Crippen molar-refractivity contribution in [2.24, 2.45) is 5.92 Å². The number of carbonyl (C=O) groups is 5. The fourth-order valence-electron chi connectivity index (χ4n) is 7.87. The number of alkyl carbamates (subject to hydrolysis) is 1. The maximum absolute atomic E-state index is 13.9. The van der Waals surface area contributed by atoms with Gasteiger partial charge in [-0.05, 0) is 94.2 Å². The first-order chi connectivity index (χ1) is 29.1. The second-order valence-corrected chi connectivity index (χ2v) is 16.6. The lowest BCUT2D eigenvalue weighted by Crippen LogP contribution is -2.36. The van der Waals surface area contributed by atoms with E-state index < -0.39 is 35.1 Å². The number of anilines is 2. The summed E-state index contributed by atoms with van der Waals surface area (Å²) in [5.74, 6) is -3.64. The zero-order valence-electron chi connectivity index (χ0n) is 35.4. The largest absolute Gasteiger partial charge is 0.507 e. The highest BCUT2D eigenvalue weighted by atomic mass is 16.6. The van der Waals surface area contributed by atoms with Gasteiger partial charge in [0.15, 0.2) is 0 Å². The summed E-state index contributed by atoms with van der Waals surface area (Å²) in [7, 11) is 3.80. The zero-order valence-corrected chi connectivity index (χ0v) is 35.4. The van der Waals surface area contributed by atoms with Gasteiger partial charge in [0, 0.05) is 55.9 Å². The summed E-state index contributed by atoms with van der Waals surface area (Å²) >= 11 is 0. The minimum Gasteiger partial charge on any atom is -0.507 e. The molecule has 14 nitrogen and oxygen atoms in total. The number of carbonyl (C=O) groups excluding carboxylic acids is 5. The van der Waals surface area contributed by atoms with Crippen LogP contribution in [0.15, 0.2) is 72.8 Å². The molecule has 2 amide bonds. The third-order valence-corrected chi connectivity index (χ3v) is 10.7. The molecule has 14 heteroatoms. The summed E-state index contributed by atoms with van der Waals surface area (Å²) in [4.78, 5) is 68.8. The minimum atomic E-state index is -0.738. The number of ketones is 2. The van der Waals surface area contributed by atoms with E-state index in [-0.39, 0.29) is 77.4 Å². The molecule has 0 spiro atoms. The number of hydrogen-bond donors (Lipinski definition) is 6. The molecule has 0 aliphatic heterocycles. The molecular weight excluding hydrogens is 779 g/mol. The van der Waals surface area contributed by atoms with Crippen molar-refractivity contribution in [2.45, 2.75) is 58.0 Å². The fourth-order valence-corrected chi connectivity index (χ4v) is 7.87. The van der Waals surface area contributed by atoms with Crippen molar-refractivity contribution in [2.75, 3.05) is 64.1 Å². The smallest absolute Gasteiger partial charge is 0.407 e. The van der Waals surface area contributed by atoms with Crippen molar-refractivity contribution in [1.82, 2.24) is 15.5 Å². The van der Waals surface area contributed by atoms with Crippen LogP contribution in [0.2, 0.25) is 0 Å². The van der Waals surface area contributed by atoms with Crippen molar-refractivity contribution in [3.05, 3.63) is 106 Å². The second-order valence-electron chi connectivity index (χ2n) is 16.6. The molecule has 0 radical (unpaired) electrons. The van der Waals surface area contributed by atoms with Crippen LogP contribution in [0.25, 0.3) is 11.1 Å². The minimum absolute atomic E-state index is 0.0139. The van der Waals surface area contributed by atoms with Crippen LogP contribution in [0, 0.1) is 5.92 Å². The highest BCUT2D eigenvalue weighted by Crippen LogP contribution is 2.45. The molecule has 6 N–H and O–H groups in total. The number of ether oxygens (including phenoxy) is 2. The second kappa shape index (κ2) is 19.3. The Labute approximate surface area is 356 Å². The van der Waals surface area contributed by atoms with Crippen LogP contribution in [-0.4, -0.2) is 104 Å². The van der Waals surface area contributed by atoms with E-state index in [9.17, 15) is 34.2 Å². The predicted molar refractivity (Wildman–Crippen MR) is 232 cm³/mol. The molecule has 0 saturated carbocycles. The first kappa shape index (κ1) is 44.2. The summed E-state index contributed by atoms with van der Waals surface area (Å²) in [6, 6.07) is 21.9. The van der Waals surface area contributed by atoms with Gasteiger partial charge in [-0.25, -0.2) is 4.79 Å². The Morgan fingerprint density at radius 3 is 1.82 bits per heavy atom. The Hall–Kier alpha value is -6.41. The van der Waals surface area contributed by atoms with E-state index in [0.29, 0.717) is 44.6 Å². The number of unbranched alkanes of at least 4 members (excludes halogenated alkanes) is 1. The highest BCUT2D eigenvalue weighted by Gasteiger charge is 2.38. The molecule has 0 heterocycles. The number of phenols is 2. The molecule has 0 bridgehead atoms. The van der Waals surface area contributed by atoms with Crippen LogP contribution in [0.3, 0.4) is 0 Å². The molecular formula is C47H55N5O9. The van der Waals surface area contributed by atoms with Gasteiger partial charge < -0.3 is 45.9 Å². The van der Waals surface area contributed by atoms with Gasteiger partial charge in [-0.15, -0.1) is 0 Å². The third kappa shape index (κ3) is 10.5. The average molecular weight is 834 g/mol. The maximum atomic E-state index is 13.9. The number of phenolic OH excluding ortho intramolecular Hbond substituents is 2. The van der Waals surface area contributed by atoms with Crippen molar-refractivity contribution < 1.29 is 43.7 Å². The topological polar surface area (TPSA) is 196 Å². The Morgan fingerprint density at radius 2 is 1.26 bits per heavy atom. The van der Waals surface area contributed by atoms with Crippen molar-refractivity contribution in [1.29, 1.82) is 0 Å². The number of esters is 1. The standard InChI is InChI=1S/C47H55N5O9/c1-47(2,3)61-38(55)26-28(12-10-11-21-51-46(59)60-27-33-31-15-8-6-13-29(31)30-14-7-9-16-32(30)33)45(58)50-23-22-48-34-17-19-36(53)41-39(34)43(56)42-37(54)20-18-35(40(42)44(41)57)49-24-25-52(4)5/h6-9,13-20,28,33,48-49,53-54H,10-12,21-27H2,1-5H3,(H,50,58)(H,51,59). The first-order valence-electron chi connectivity index (χ1n) is 20.7. The van der Waals surface area contributed by atoms with E-state index in [1.807, 2.05) is 43.3 Å². The molecule has 4 aromatic carbocycles. The predicted octanol–water partition coefficient (Wildman–Crippen LogP) is 6.43. The Bertz CT molecular complexity index is 2260. The molecule has 1 atom stereocenters. The molecule has 2 aliphatic carbocycles. The third-order valence-electron chi connectivity index (χ3n) is 10.7. The molecule has 6 rings (SSSR count). The van der Waals surface area contributed by atoms with Crippen molar-refractivity contribution in [3.63, 3.8) is 0 Å². The molecule has 0 fully saturated rings. The van der Waals surface area contributed by atoms with Crippen LogP contribution in [0.4, 0.5) is 16.2 Å². The molecule has 322 valence electrons. The number of benzene rings is 4. The van der Waals surface area contributed by atoms with Crippen LogP contribution in [-0.2, 0) is 19.1 Å². The van der Waals surface area contributed by atoms with Gasteiger partial charge in [0.1, 0.15) is 23.7 Å². The quantitative estimate of drug-likeness (QED) is 0.0322. The Balaban J connectivity index is 1.02. The number of fused-ring (bicyclic) bond motifs is 5. The summed E-state index contributed by atoms with van der Waals surface area (Å²) in [5, 5.41) is 33.5. The van der Waals surface area contributed by atoms with Gasteiger partial charge in [-0.2, -0.15) is 0 Å². The zero-order chi connectivity index (χ0) is 43.8. The number of nitrogens with one attached hydrogen (secondary N) is 4. The van der Waals surface area contributed by atoms with E-state index in [2.05, 4.69) is 45.5 Å². The summed E-state index contributed by atoms with van der Waals surface area (Å²) in [6.45, 7) is 7.10. The summed E-state index contributed by atoms with van der Waals surface area (Å²) in [6.07, 6.45) is 0.737. The van der Waals surface area contributed by atoms with Gasteiger partial charge in [0.25, 0.3) is 0 Å². The Morgan fingerprint density at radius 1 is 0.705 bits per heavy atom. The summed E-state index contributed by atoms with van der Waals surface area (Å²) in [5.41, 5.74) is 3.96. The van der Waals surface area contributed by atoms with Gasteiger partial charge in [-0.1, -0.05) is 55.0 Å². The van der Waals surface area contributed by atoms with Gasteiger partial charge in [0.05, 0.1) is 28.7 Å². The van der Waals surface area contributed by atoms with E-state index >= 15 is 0 Å². The fraction of sp³-hybridized carbons (Fsp3) is 0.383. The monoisotopic (exact) mass is 833 g/mol. The Kier molecular flexibility index (Phi) is 14.0. The van der Waals surface area contributed by atoms with Crippen LogP contribution in [0.5, 0.6) is 11.5 Å². The molecule has 4 aromatic rings. The van der Waals surface area contributed by atoms with Gasteiger partial charge in [-0.3, -0.25) is 19.2 Å². The number of amides is 2. The van der Waals surface area contributed by atoms with Crippen LogP contribution < -0.4 is 21.3 Å². The number of likely N-dealkylation sites (N-methyl/N-ethyl adjacent to an activating group) is 1. The van der Waals surface area contributed by atoms with E-state index in [1.165, 1.54) is 24.3 Å². The van der Waals surface area contributed by atoms with Crippen LogP contribution >= 0.6 is 0 Å². The van der Waals surface area contributed by atoms with E-state index in [1.54, 1.807) is 20.8 Å². The number of rotatable bonds is 18. The van der Waals surface area contributed by atoms with Crippen molar-refractivity contribution in [3.8, 4) is 22.6 Å². The normalized spacial score (nSPS) is 13.4. The first-order valence-corrected chi connectivity index (χ1v) is 20.7. The average Bonchev–Trinajstić information content (AvgIpc) is 3.53. The number of hydrogen-bond acceptors (Lipinski definition) is 12. The van der Waals surface area contributed by atoms with Crippen molar-refractivity contribution >= 4 is 40.9 Å². The lowest BCUT2D eigenvalue weighted by molar-refractivity contribution is -0.157. The highest BCUT2D eigenvalue weighted by molar-refractivity contribution is 6.33. The molecule has 0 aromatic heterocycles. The van der Waals surface area contributed by atoms with Gasteiger partial charge in [0.2, 0.25) is 17.5 Å². The molecule has 61 heavy (non-hydrogen) atoms.